The Hall–Kier alpha value is -3.79. The molecule has 0 radical (unpaired) electrons. The topological polar surface area (TPSA) is 121 Å². The van der Waals surface area contributed by atoms with Crippen LogP contribution in [-0.2, 0) is 19.4 Å². The molecule has 2 amide bonds. The molecule has 3 N–H and O–H groups in total. The van der Waals surface area contributed by atoms with E-state index in [0.717, 1.165) is 41.7 Å². The zero-order chi connectivity index (χ0) is 24.9. The summed E-state index contributed by atoms with van der Waals surface area (Å²) >= 11 is 1.42. The predicted molar refractivity (Wildman–Crippen MR) is 136 cm³/mol. The van der Waals surface area contributed by atoms with Crippen molar-refractivity contribution in [2.45, 2.75) is 46.1 Å². The number of nitrogens with one attached hydrogen (secondary N) is 3. The van der Waals surface area contributed by atoms with Gasteiger partial charge in [0.05, 0.1) is 16.5 Å². The first-order chi connectivity index (χ1) is 16.8. The molecule has 0 aliphatic heterocycles. The quantitative estimate of drug-likeness (QED) is 0.381. The zero-order valence-corrected chi connectivity index (χ0v) is 20.6. The largest absolute Gasteiger partial charge is 0.355 e. The molecule has 0 saturated heterocycles. The third-order valence-electron chi connectivity index (χ3n) is 6.55. The average molecular weight is 491 g/mol. The van der Waals surface area contributed by atoms with Crippen molar-refractivity contribution in [1.82, 2.24) is 19.3 Å². The maximum absolute atomic E-state index is 13.5. The van der Waals surface area contributed by atoms with Crippen molar-refractivity contribution in [3.8, 4) is 0 Å². The van der Waals surface area contributed by atoms with E-state index in [1.54, 1.807) is 23.9 Å². The highest BCUT2D eigenvalue weighted by molar-refractivity contribution is 7.17. The minimum atomic E-state index is -0.531. The van der Waals surface area contributed by atoms with Crippen LogP contribution in [0.3, 0.4) is 0 Å². The second-order valence-electron chi connectivity index (χ2n) is 8.64. The van der Waals surface area contributed by atoms with E-state index >= 15 is 0 Å². The number of pyridine rings is 2. The first-order valence-corrected chi connectivity index (χ1v) is 12.5. The molecular weight excluding hydrogens is 464 g/mol. The second-order valence-corrected chi connectivity index (χ2v) is 9.74. The summed E-state index contributed by atoms with van der Waals surface area (Å²) in [6.07, 6.45) is 5.38. The molecule has 0 spiro atoms. The van der Waals surface area contributed by atoms with Crippen LogP contribution >= 0.6 is 11.3 Å². The van der Waals surface area contributed by atoms with Crippen LogP contribution in [0.25, 0.3) is 16.7 Å². The number of aromatic nitrogens is 3. The number of amides is 2. The van der Waals surface area contributed by atoms with Gasteiger partial charge in [-0.15, -0.1) is 11.3 Å². The van der Waals surface area contributed by atoms with Gasteiger partial charge in [0.25, 0.3) is 17.4 Å². The van der Waals surface area contributed by atoms with Gasteiger partial charge in [-0.3, -0.25) is 24.2 Å². The lowest BCUT2D eigenvalue weighted by Crippen LogP contribution is -2.32. The van der Waals surface area contributed by atoms with E-state index in [0.29, 0.717) is 28.4 Å². The SMILES string of the molecule is CCn1c(=N)c(C(=O)Nc2sc3c(c2C(=O)NC)CCCC3)cc2c(=O)n3cccc(C)c3nc21. The van der Waals surface area contributed by atoms with Crippen LogP contribution in [0.4, 0.5) is 5.00 Å². The van der Waals surface area contributed by atoms with E-state index in [2.05, 4.69) is 15.6 Å². The van der Waals surface area contributed by atoms with Crippen LogP contribution in [0.1, 0.15) is 56.5 Å². The lowest BCUT2D eigenvalue weighted by molar-refractivity contribution is 0.0963. The Balaban J connectivity index is 1.67. The molecule has 4 aromatic heterocycles. The number of rotatable bonds is 4. The van der Waals surface area contributed by atoms with E-state index in [1.807, 2.05) is 19.9 Å². The number of anilines is 1. The molecule has 0 aromatic carbocycles. The number of fused-ring (bicyclic) bond motifs is 3. The molecule has 4 heterocycles. The molecule has 0 bridgehead atoms. The van der Waals surface area contributed by atoms with Crippen molar-refractivity contribution in [3.05, 3.63) is 67.4 Å². The summed E-state index contributed by atoms with van der Waals surface area (Å²) in [5.74, 6) is -0.770. The Morgan fingerprint density at radius 3 is 2.71 bits per heavy atom. The lowest BCUT2D eigenvalue weighted by Gasteiger charge is -2.14. The van der Waals surface area contributed by atoms with Gasteiger partial charge in [0.15, 0.2) is 0 Å². The number of carbonyl (C=O) groups is 2. The van der Waals surface area contributed by atoms with Crippen LogP contribution < -0.4 is 21.7 Å². The summed E-state index contributed by atoms with van der Waals surface area (Å²) < 4.78 is 3.02. The molecule has 1 aliphatic rings. The Morgan fingerprint density at radius 1 is 1.20 bits per heavy atom. The molecule has 35 heavy (non-hydrogen) atoms. The molecule has 4 aromatic rings. The molecular formula is C25H26N6O3S. The Kier molecular flexibility index (Phi) is 5.76. The van der Waals surface area contributed by atoms with Crippen molar-refractivity contribution < 1.29 is 9.59 Å². The summed E-state index contributed by atoms with van der Waals surface area (Å²) in [6, 6.07) is 5.09. The fourth-order valence-electron chi connectivity index (χ4n) is 4.77. The highest BCUT2D eigenvalue weighted by atomic mass is 32.1. The van der Waals surface area contributed by atoms with Gasteiger partial charge in [0.1, 0.15) is 21.8 Å². The number of aryl methyl sites for hydroxylation is 3. The van der Waals surface area contributed by atoms with E-state index in [1.165, 1.54) is 21.8 Å². The van der Waals surface area contributed by atoms with Crippen LogP contribution in [-0.4, -0.2) is 32.8 Å². The summed E-state index contributed by atoms with van der Waals surface area (Å²) in [6.45, 7) is 4.08. The lowest BCUT2D eigenvalue weighted by atomic mass is 9.95. The Bertz CT molecular complexity index is 1650. The van der Waals surface area contributed by atoms with Crippen molar-refractivity contribution in [1.29, 1.82) is 5.41 Å². The normalized spacial score (nSPS) is 13.1. The minimum Gasteiger partial charge on any atom is -0.355 e. The van der Waals surface area contributed by atoms with Gasteiger partial charge in [-0.05, 0) is 62.8 Å². The smallest absolute Gasteiger partial charge is 0.267 e. The summed E-state index contributed by atoms with van der Waals surface area (Å²) in [5.41, 5.74) is 2.93. The van der Waals surface area contributed by atoms with E-state index in [-0.39, 0.29) is 27.9 Å². The van der Waals surface area contributed by atoms with Crippen LogP contribution in [0, 0.1) is 12.3 Å². The Morgan fingerprint density at radius 2 is 1.97 bits per heavy atom. The van der Waals surface area contributed by atoms with Gasteiger partial charge in [-0.25, -0.2) is 4.98 Å². The van der Waals surface area contributed by atoms with E-state index < -0.39 is 5.91 Å². The Labute approximate surface area is 205 Å². The number of hydrogen-bond acceptors (Lipinski definition) is 6. The molecule has 0 saturated carbocycles. The average Bonchev–Trinajstić information content (AvgIpc) is 3.22. The number of hydrogen-bond donors (Lipinski definition) is 3. The minimum absolute atomic E-state index is 0.0369. The van der Waals surface area contributed by atoms with Gasteiger partial charge >= 0.3 is 0 Å². The van der Waals surface area contributed by atoms with Crippen molar-refractivity contribution in [2.75, 3.05) is 12.4 Å². The van der Waals surface area contributed by atoms with Crippen molar-refractivity contribution in [2.24, 2.45) is 0 Å². The van der Waals surface area contributed by atoms with E-state index in [9.17, 15) is 14.4 Å². The molecule has 5 rings (SSSR count). The summed E-state index contributed by atoms with van der Waals surface area (Å²) in [7, 11) is 1.57. The first kappa shape index (κ1) is 23.0. The molecule has 9 nitrogen and oxygen atoms in total. The monoisotopic (exact) mass is 490 g/mol. The summed E-state index contributed by atoms with van der Waals surface area (Å²) in [5, 5.41) is 15.0. The van der Waals surface area contributed by atoms with Crippen LogP contribution in [0.2, 0.25) is 0 Å². The molecule has 0 fully saturated rings. The van der Waals surface area contributed by atoms with Gasteiger partial charge in [-0.2, -0.15) is 0 Å². The molecule has 1 aliphatic carbocycles. The second kappa shape index (κ2) is 8.77. The van der Waals surface area contributed by atoms with Crippen molar-refractivity contribution in [3.63, 3.8) is 0 Å². The van der Waals surface area contributed by atoms with Gasteiger partial charge in [0, 0.05) is 24.7 Å². The first-order valence-electron chi connectivity index (χ1n) is 11.6. The maximum atomic E-state index is 13.5. The molecule has 0 unspecified atom stereocenters. The van der Waals surface area contributed by atoms with Crippen LogP contribution in [0.5, 0.6) is 0 Å². The van der Waals surface area contributed by atoms with Crippen molar-refractivity contribution >= 4 is 44.8 Å². The molecule has 0 atom stereocenters. The molecule has 10 heteroatoms. The zero-order valence-electron chi connectivity index (χ0n) is 19.8. The predicted octanol–water partition coefficient (Wildman–Crippen LogP) is 3.01. The standard InChI is InChI=1S/C25H26N6O3S/c1-4-30-19(26)15(12-16-21(30)28-20-13(2)8-7-11-31(20)25(16)34)22(32)29-24-18(23(33)27-3)14-9-5-6-10-17(14)35-24/h7-8,11-12,26H,4-6,9-10H2,1-3H3,(H,27,33)(H,29,32). The maximum Gasteiger partial charge on any atom is 0.267 e. The van der Waals surface area contributed by atoms with Crippen LogP contribution in [0.15, 0.2) is 29.2 Å². The van der Waals surface area contributed by atoms with Gasteiger partial charge in [-0.1, -0.05) is 6.07 Å². The highest BCUT2D eigenvalue weighted by Gasteiger charge is 2.27. The fourth-order valence-corrected chi connectivity index (χ4v) is 6.05. The third kappa shape index (κ3) is 3.65. The third-order valence-corrected chi connectivity index (χ3v) is 7.75. The number of carbonyl (C=O) groups excluding carboxylic acids is 2. The number of nitrogens with zero attached hydrogens (tertiary/aromatic N) is 3. The molecule has 180 valence electrons. The summed E-state index contributed by atoms with van der Waals surface area (Å²) in [4.78, 5) is 45.2. The highest BCUT2D eigenvalue weighted by Crippen LogP contribution is 2.38. The van der Waals surface area contributed by atoms with Gasteiger partial charge < -0.3 is 15.2 Å². The van der Waals surface area contributed by atoms with E-state index in [4.69, 9.17) is 5.41 Å². The number of thiophene rings is 1. The fraction of sp³-hybridized carbons (Fsp3) is 0.320. The van der Waals surface area contributed by atoms with Gasteiger partial charge in [0.2, 0.25) is 0 Å².